The van der Waals surface area contributed by atoms with E-state index in [1.807, 2.05) is 6.07 Å². The van der Waals surface area contributed by atoms with Gasteiger partial charge in [0.15, 0.2) is 0 Å². The van der Waals surface area contributed by atoms with Crippen molar-refractivity contribution < 1.29 is 19.4 Å². The first-order valence-corrected chi connectivity index (χ1v) is 6.91. The Morgan fingerprint density at radius 2 is 2.19 bits per heavy atom. The lowest BCUT2D eigenvalue weighted by atomic mass is 9.97. The van der Waals surface area contributed by atoms with Crippen LogP contribution in [-0.4, -0.2) is 48.2 Å². The van der Waals surface area contributed by atoms with Gasteiger partial charge in [-0.2, -0.15) is 0 Å². The van der Waals surface area contributed by atoms with Crippen LogP contribution in [0.3, 0.4) is 0 Å². The van der Waals surface area contributed by atoms with Gasteiger partial charge < -0.3 is 20.5 Å². The lowest BCUT2D eigenvalue weighted by Gasteiger charge is -2.30. The number of nitrogens with two attached hydrogens (primary N) is 1. The normalized spacial score (nSPS) is 15.4. The number of carboxylic acid groups (broad SMARTS) is 1. The first-order chi connectivity index (χ1) is 10.0. The Balaban J connectivity index is 2.09. The third-order valence-corrected chi connectivity index (χ3v) is 3.82. The summed E-state index contributed by atoms with van der Waals surface area (Å²) in [5, 5.41) is 9.03. The number of hydrogen-bond donors (Lipinski definition) is 2. The summed E-state index contributed by atoms with van der Waals surface area (Å²) in [5.41, 5.74) is 7.78. The highest BCUT2D eigenvalue weighted by Gasteiger charge is 2.23. The second kappa shape index (κ2) is 6.69. The molecule has 1 amide bonds. The van der Waals surface area contributed by atoms with Gasteiger partial charge in [0.1, 0.15) is 0 Å². The summed E-state index contributed by atoms with van der Waals surface area (Å²) in [7, 11) is 1.54. The summed E-state index contributed by atoms with van der Waals surface area (Å²) in [6, 6.07) is 5.08. The zero-order chi connectivity index (χ0) is 15.4. The summed E-state index contributed by atoms with van der Waals surface area (Å²) in [6.07, 6.45) is 0.714. The minimum absolute atomic E-state index is 0.0151. The molecule has 114 valence electrons. The predicted octanol–water partition coefficient (Wildman–Crippen LogP) is 0.633. The summed E-state index contributed by atoms with van der Waals surface area (Å²) in [4.78, 5) is 25.0. The number of aromatic carboxylic acids is 1. The minimum atomic E-state index is -0.955. The molecule has 1 aliphatic heterocycles. The van der Waals surface area contributed by atoms with Crippen molar-refractivity contribution in [2.45, 2.75) is 25.5 Å². The van der Waals surface area contributed by atoms with Crippen molar-refractivity contribution in [3.8, 4) is 0 Å². The van der Waals surface area contributed by atoms with E-state index in [1.54, 1.807) is 17.0 Å². The Bertz CT molecular complexity index is 540. The molecule has 0 bridgehead atoms. The van der Waals surface area contributed by atoms with Gasteiger partial charge in [-0.1, -0.05) is 6.07 Å². The number of hydrogen-bond acceptors (Lipinski definition) is 4. The van der Waals surface area contributed by atoms with E-state index < -0.39 is 5.97 Å². The number of carbonyl (C=O) groups is 2. The van der Waals surface area contributed by atoms with Gasteiger partial charge >= 0.3 is 5.97 Å². The van der Waals surface area contributed by atoms with Crippen molar-refractivity contribution in [1.29, 1.82) is 0 Å². The van der Waals surface area contributed by atoms with Gasteiger partial charge in [0.25, 0.3) is 0 Å². The first-order valence-electron chi connectivity index (χ1n) is 6.91. The molecule has 1 aromatic rings. The quantitative estimate of drug-likeness (QED) is 0.830. The summed E-state index contributed by atoms with van der Waals surface area (Å²) < 4.78 is 5.13. The molecular formula is C15H20N2O4. The second-order valence-corrected chi connectivity index (χ2v) is 5.15. The number of methoxy groups -OCH3 is 1. The molecule has 0 fully saturated rings. The van der Waals surface area contributed by atoms with E-state index >= 15 is 0 Å². The van der Waals surface area contributed by atoms with Crippen LogP contribution < -0.4 is 5.73 Å². The van der Waals surface area contributed by atoms with Gasteiger partial charge in [0, 0.05) is 26.7 Å². The van der Waals surface area contributed by atoms with Gasteiger partial charge in [-0.3, -0.25) is 4.79 Å². The molecule has 6 heteroatoms. The first kappa shape index (κ1) is 15.5. The minimum Gasteiger partial charge on any atom is -0.478 e. The predicted molar refractivity (Wildman–Crippen MR) is 77.0 cm³/mol. The molecule has 3 N–H and O–H groups in total. The summed E-state index contributed by atoms with van der Waals surface area (Å²) in [5.74, 6) is -0.970. The van der Waals surface area contributed by atoms with E-state index in [0.29, 0.717) is 19.6 Å². The highest BCUT2D eigenvalue weighted by molar-refractivity contribution is 5.88. The van der Waals surface area contributed by atoms with Crippen LogP contribution in [0, 0.1) is 0 Å². The molecule has 2 rings (SSSR count). The van der Waals surface area contributed by atoms with E-state index in [2.05, 4.69) is 0 Å². The summed E-state index contributed by atoms with van der Waals surface area (Å²) >= 11 is 0. The molecule has 21 heavy (non-hydrogen) atoms. The van der Waals surface area contributed by atoms with Crippen molar-refractivity contribution in [1.82, 2.24) is 4.90 Å². The van der Waals surface area contributed by atoms with Gasteiger partial charge in [-0.25, -0.2) is 4.79 Å². The molecule has 1 unspecified atom stereocenters. The average Bonchev–Trinajstić information content (AvgIpc) is 2.51. The van der Waals surface area contributed by atoms with Crippen molar-refractivity contribution in [3.05, 3.63) is 34.9 Å². The van der Waals surface area contributed by atoms with Crippen molar-refractivity contribution in [2.75, 3.05) is 20.2 Å². The maximum atomic E-state index is 12.2. The largest absolute Gasteiger partial charge is 0.478 e. The third kappa shape index (κ3) is 3.59. The van der Waals surface area contributed by atoms with Crippen LogP contribution in [0.15, 0.2) is 18.2 Å². The Hall–Kier alpha value is -1.92. The monoisotopic (exact) mass is 292 g/mol. The second-order valence-electron chi connectivity index (χ2n) is 5.15. The van der Waals surface area contributed by atoms with E-state index in [0.717, 1.165) is 17.5 Å². The van der Waals surface area contributed by atoms with Crippen molar-refractivity contribution >= 4 is 11.9 Å². The number of fused-ring (bicyclic) bond motifs is 1. The maximum Gasteiger partial charge on any atom is 0.335 e. The zero-order valence-corrected chi connectivity index (χ0v) is 12.0. The Labute approximate surface area is 123 Å². The number of amides is 1. The van der Waals surface area contributed by atoms with Crippen LogP contribution in [0.4, 0.5) is 0 Å². The molecule has 1 aliphatic rings. The smallest absolute Gasteiger partial charge is 0.335 e. The molecule has 0 aliphatic carbocycles. The molecular weight excluding hydrogens is 272 g/mol. The molecule has 0 aromatic heterocycles. The maximum absolute atomic E-state index is 12.2. The van der Waals surface area contributed by atoms with Gasteiger partial charge in [-0.05, 0) is 29.7 Å². The molecule has 0 radical (unpaired) electrons. The average molecular weight is 292 g/mol. The molecule has 1 heterocycles. The van der Waals surface area contributed by atoms with Crippen molar-refractivity contribution in [3.63, 3.8) is 0 Å². The molecule has 0 saturated carbocycles. The molecule has 6 nitrogen and oxygen atoms in total. The Morgan fingerprint density at radius 1 is 1.43 bits per heavy atom. The topological polar surface area (TPSA) is 92.9 Å². The van der Waals surface area contributed by atoms with E-state index in [-0.39, 0.29) is 24.0 Å². The lowest BCUT2D eigenvalue weighted by Crippen LogP contribution is -2.39. The van der Waals surface area contributed by atoms with E-state index in [4.69, 9.17) is 15.6 Å². The van der Waals surface area contributed by atoms with Gasteiger partial charge in [0.05, 0.1) is 18.1 Å². The lowest BCUT2D eigenvalue weighted by molar-refractivity contribution is -0.134. The Kier molecular flexibility index (Phi) is 4.93. The van der Waals surface area contributed by atoms with Crippen molar-refractivity contribution in [2.24, 2.45) is 5.73 Å². The van der Waals surface area contributed by atoms with Crippen LogP contribution in [0.5, 0.6) is 0 Å². The number of ether oxygens (including phenoxy) is 1. The molecule has 0 spiro atoms. The summed E-state index contributed by atoms with van der Waals surface area (Å²) in [6.45, 7) is 1.38. The SMILES string of the molecule is COC(CN)CC(=O)N1CCc2ccc(C(=O)O)cc2C1. The fourth-order valence-electron chi connectivity index (χ4n) is 2.49. The highest BCUT2D eigenvalue weighted by Crippen LogP contribution is 2.21. The van der Waals surface area contributed by atoms with E-state index in [9.17, 15) is 9.59 Å². The molecule has 1 aromatic carbocycles. The number of carbonyl (C=O) groups excluding carboxylic acids is 1. The van der Waals surface area contributed by atoms with E-state index in [1.165, 1.54) is 7.11 Å². The van der Waals surface area contributed by atoms with Crippen LogP contribution in [0.1, 0.15) is 27.9 Å². The third-order valence-electron chi connectivity index (χ3n) is 3.82. The fraction of sp³-hybridized carbons (Fsp3) is 0.467. The molecule has 1 atom stereocenters. The van der Waals surface area contributed by atoms with Gasteiger partial charge in [0.2, 0.25) is 5.91 Å². The standard InChI is InChI=1S/C15H20N2O4/c1-21-13(8-16)7-14(18)17-5-4-10-2-3-11(15(19)20)6-12(10)9-17/h2-3,6,13H,4-5,7-9,16H2,1H3,(H,19,20). The van der Waals surface area contributed by atoms with Crippen LogP contribution >= 0.6 is 0 Å². The van der Waals surface area contributed by atoms with Crippen LogP contribution in [0.25, 0.3) is 0 Å². The number of benzene rings is 1. The van der Waals surface area contributed by atoms with Gasteiger partial charge in [-0.15, -0.1) is 0 Å². The Morgan fingerprint density at radius 3 is 2.81 bits per heavy atom. The van der Waals surface area contributed by atoms with Crippen LogP contribution in [0.2, 0.25) is 0 Å². The fourth-order valence-corrected chi connectivity index (χ4v) is 2.49. The molecule has 0 saturated heterocycles. The highest BCUT2D eigenvalue weighted by atomic mass is 16.5. The van der Waals surface area contributed by atoms with Crippen LogP contribution in [-0.2, 0) is 22.5 Å². The zero-order valence-electron chi connectivity index (χ0n) is 12.0. The number of carboxylic acids is 1. The number of nitrogens with zero attached hydrogens (tertiary/aromatic N) is 1. The number of rotatable bonds is 5.